The maximum absolute atomic E-state index is 4.72. The van der Waals surface area contributed by atoms with Gasteiger partial charge in [0.25, 0.3) is 0 Å². The first-order valence-electron chi connectivity index (χ1n) is 1.15. The minimum atomic E-state index is 0. The molecular formula is C4H5Ti-. The fraction of sp³-hybridized carbons (Fsp3) is 0.250. The van der Waals surface area contributed by atoms with Crippen LogP contribution in [-0.4, -0.2) is 0 Å². The molecule has 1 heteroatoms. The van der Waals surface area contributed by atoms with E-state index in [-0.39, 0.29) is 21.7 Å². The van der Waals surface area contributed by atoms with E-state index in [2.05, 4.69) is 5.73 Å². The van der Waals surface area contributed by atoms with Gasteiger partial charge in [0.05, 0.1) is 0 Å². The third kappa shape index (κ3) is 13.9. The summed E-state index contributed by atoms with van der Waals surface area (Å²) in [5.41, 5.74) is 2.31. The van der Waals surface area contributed by atoms with Gasteiger partial charge in [-0.1, -0.05) is 0 Å². The Labute approximate surface area is 47.5 Å². The normalized spacial score (nSPS) is 3.40. The van der Waals surface area contributed by atoms with Gasteiger partial charge in [0.2, 0.25) is 0 Å². The summed E-state index contributed by atoms with van der Waals surface area (Å²) in [6.45, 7) is 6.54. The Morgan fingerprint density at radius 2 is 2.00 bits per heavy atom. The van der Waals surface area contributed by atoms with Crippen molar-refractivity contribution in [3.63, 3.8) is 0 Å². The van der Waals surface area contributed by atoms with E-state index in [1.54, 1.807) is 6.08 Å². The SMILES string of the molecule is [CH-]=C=CC.[Ti]. The topological polar surface area (TPSA) is 0 Å². The molecule has 0 aliphatic carbocycles. The van der Waals surface area contributed by atoms with Crippen LogP contribution in [0.1, 0.15) is 6.92 Å². The van der Waals surface area contributed by atoms with Crippen LogP contribution in [0, 0.1) is 6.58 Å². The minimum absolute atomic E-state index is 0. The Morgan fingerprint density at radius 3 is 2.00 bits per heavy atom. The van der Waals surface area contributed by atoms with Crippen molar-refractivity contribution in [2.45, 2.75) is 6.92 Å². The second-order valence-corrected chi connectivity index (χ2v) is 0.455. The average Bonchev–Trinajstić information content (AvgIpc) is 1.37. The summed E-state index contributed by atoms with van der Waals surface area (Å²) in [5.74, 6) is 0. The number of hydrogen-bond donors (Lipinski definition) is 0. The van der Waals surface area contributed by atoms with Gasteiger partial charge in [-0.05, 0) is 0 Å². The maximum atomic E-state index is 4.72. The van der Waals surface area contributed by atoms with Crippen molar-refractivity contribution in [3.8, 4) is 0 Å². The molecule has 0 amide bonds. The molecule has 0 aromatic heterocycles. The van der Waals surface area contributed by atoms with E-state index in [4.69, 9.17) is 6.58 Å². The van der Waals surface area contributed by atoms with Gasteiger partial charge in [-0.15, -0.1) is 6.92 Å². The van der Waals surface area contributed by atoms with E-state index >= 15 is 0 Å². The third-order valence-electron chi connectivity index (χ3n) is 0.167. The smallest absolute Gasteiger partial charge is 0 e. The van der Waals surface area contributed by atoms with Gasteiger partial charge < -0.3 is 5.73 Å². The van der Waals surface area contributed by atoms with Gasteiger partial charge in [0.1, 0.15) is 0 Å². The molecule has 0 N–H and O–H groups in total. The van der Waals surface area contributed by atoms with Crippen LogP contribution in [0.3, 0.4) is 0 Å². The van der Waals surface area contributed by atoms with Crippen LogP contribution in [0.4, 0.5) is 0 Å². The Bertz CT molecular complexity index is 41.6. The van der Waals surface area contributed by atoms with Crippen molar-refractivity contribution < 1.29 is 21.7 Å². The fourth-order valence-corrected chi connectivity index (χ4v) is 0. The second-order valence-electron chi connectivity index (χ2n) is 0.455. The zero-order valence-corrected chi connectivity index (χ0v) is 4.72. The first-order valence-corrected chi connectivity index (χ1v) is 1.15. The summed E-state index contributed by atoms with van der Waals surface area (Å²) in [6.07, 6.45) is 1.65. The summed E-state index contributed by atoms with van der Waals surface area (Å²) >= 11 is 0. The van der Waals surface area contributed by atoms with Crippen molar-refractivity contribution in [2.24, 2.45) is 0 Å². The van der Waals surface area contributed by atoms with Crippen molar-refractivity contribution in [3.05, 3.63) is 18.4 Å². The molecule has 0 aromatic carbocycles. The van der Waals surface area contributed by atoms with Crippen LogP contribution in [-0.2, 0) is 21.7 Å². The predicted molar refractivity (Wildman–Crippen MR) is 18.1 cm³/mol. The molecule has 0 spiro atoms. The van der Waals surface area contributed by atoms with Crippen LogP contribution < -0.4 is 0 Å². The molecule has 0 aromatic rings. The van der Waals surface area contributed by atoms with Crippen LogP contribution in [0.5, 0.6) is 0 Å². The molecule has 0 radical (unpaired) electrons. The van der Waals surface area contributed by atoms with Crippen LogP contribution in [0.2, 0.25) is 0 Å². The monoisotopic (exact) mass is 101 g/mol. The zero-order chi connectivity index (χ0) is 3.41. The van der Waals surface area contributed by atoms with Gasteiger partial charge >= 0.3 is 0 Å². The Hall–Kier alpha value is 0.234. The molecule has 0 aliphatic heterocycles. The Morgan fingerprint density at radius 1 is 1.80 bits per heavy atom. The molecule has 0 saturated carbocycles. The van der Waals surface area contributed by atoms with Crippen molar-refractivity contribution in [1.29, 1.82) is 0 Å². The molecule has 0 heterocycles. The molecular weight excluding hydrogens is 95.9 g/mol. The Kier molecular flexibility index (Phi) is 15.9. The second kappa shape index (κ2) is 8.87. The molecule has 0 aliphatic rings. The molecule has 0 unspecified atom stereocenters. The average molecular weight is 101 g/mol. The van der Waals surface area contributed by atoms with Gasteiger partial charge in [0, 0.05) is 21.7 Å². The number of rotatable bonds is 0. The number of hydrogen-bond acceptors (Lipinski definition) is 0. The molecule has 0 atom stereocenters. The summed E-state index contributed by atoms with van der Waals surface area (Å²) in [4.78, 5) is 0. The van der Waals surface area contributed by atoms with Crippen molar-refractivity contribution in [2.75, 3.05) is 0 Å². The van der Waals surface area contributed by atoms with E-state index in [0.717, 1.165) is 0 Å². The molecule has 0 rings (SSSR count). The van der Waals surface area contributed by atoms with Gasteiger partial charge in [0.15, 0.2) is 0 Å². The summed E-state index contributed by atoms with van der Waals surface area (Å²) in [7, 11) is 0. The van der Waals surface area contributed by atoms with E-state index < -0.39 is 0 Å². The molecule has 0 nitrogen and oxygen atoms in total. The van der Waals surface area contributed by atoms with Gasteiger partial charge in [-0.25, -0.2) is 6.58 Å². The first kappa shape index (κ1) is 8.97. The molecule has 0 bridgehead atoms. The summed E-state index contributed by atoms with van der Waals surface area (Å²) in [5, 5.41) is 0. The van der Waals surface area contributed by atoms with Crippen molar-refractivity contribution in [1.82, 2.24) is 0 Å². The van der Waals surface area contributed by atoms with Gasteiger partial charge in [-0.2, -0.15) is 6.08 Å². The number of allylic oxidation sites excluding steroid dienone is 1. The van der Waals surface area contributed by atoms with Crippen LogP contribution >= 0.6 is 0 Å². The standard InChI is InChI=1S/C4H5.Ti/c1-3-4-2;/h1,4H,2H3;/q-1;. The van der Waals surface area contributed by atoms with Gasteiger partial charge in [-0.3, -0.25) is 0 Å². The van der Waals surface area contributed by atoms with E-state index in [0.29, 0.717) is 0 Å². The van der Waals surface area contributed by atoms with E-state index in [1.165, 1.54) is 0 Å². The maximum Gasteiger partial charge on any atom is 0 e. The molecule has 26 valence electrons. The molecule has 5 heavy (non-hydrogen) atoms. The molecule has 0 fully saturated rings. The predicted octanol–water partition coefficient (Wildman–Crippen LogP) is 1.15. The summed E-state index contributed by atoms with van der Waals surface area (Å²) < 4.78 is 0. The van der Waals surface area contributed by atoms with Crippen LogP contribution in [0.25, 0.3) is 0 Å². The summed E-state index contributed by atoms with van der Waals surface area (Å²) in [6, 6.07) is 0. The van der Waals surface area contributed by atoms with Crippen molar-refractivity contribution >= 4 is 0 Å². The minimum Gasteiger partial charge on any atom is -0.339 e. The van der Waals surface area contributed by atoms with E-state index in [1.807, 2.05) is 6.92 Å². The molecule has 0 saturated heterocycles. The zero-order valence-electron chi connectivity index (χ0n) is 3.15. The van der Waals surface area contributed by atoms with E-state index in [9.17, 15) is 0 Å². The largest absolute Gasteiger partial charge is 0.339 e. The quantitative estimate of drug-likeness (QED) is 0.244. The Balaban J connectivity index is 0. The third-order valence-corrected chi connectivity index (χ3v) is 0.167. The fourth-order valence-electron chi connectivity index (χ4n) is 0. The first-order chi connectivity index (χ1) is 1.91. The van der Waals surface area contributed by atoms with Crippen LogP contribution in [0.15, 0.2) is 11.8 Å².